The Bertz CT molecular complexity index is 408. The number of carbonyl (C=O) groups is 1. The third-order valence-corrected chi connectivity index (χ3v) is 2.15. The van der Waals surface area contributed by atoms with E-state index in [1.807, 2.05) is 0 Å². The molecule has 0 fully saturated rings. The van der Waals surface area contributed by atoms with E-state index in [9.17, 15) is 14.9 Å². The molecule has 1 rings (SSSR count). The number of nitrogens with two attached hydrogens (primary N) is 1. The van der Waals surface area contributed by atoms with Crippen LogP contribution in [0.25, 0.3) is 0 Å². The minimum atomic E-state index is -0.645. The van der Waals surface area contributed by atoms with Crippen molar-refractivity contribution in [3.8, 4) is 5.75 Å². The Kier molecular flexibility index (Phi) is 3.62. The number of nitro benzene ring substituents is 1. The topological polar surface area (TPSA) is 95.5 Å². The molecule has 6 nitrogen and oxygen atoms in total. The summed E-state index contributed by atoms with van der Waals surface area (Å²) in [6.45, 7) is -0.320. The average molecular weight is 275 g/mol. The van der Waals surface area contributed by atoms with Crippen LogP contribution in [0.5, 0.6) is 5.75 Å². The van der Waals surface area contributed by atoms with Gasteiger partial charge in [0.1, 0.15) is 5.75 Å². The van der Waals surface area contributed by atoms with Gasteiger partial charge in [-0.1, -0.05) is 0 Å². The molecule has 0 radical (unpaired) electrons. The quantitative estimate of drug-likeness (QED) is 0.660. The molecule has 0 aliphatic heterocycles. The highest BCUT2D eigenvalue weighted by molar-refractivity contribution is 9.10. The molecule has 0 atom stereocenters. The number of hydrogen-bond donors (Lipinski definition) is 1. The summed E-state index contributed by atoms with van der Waals surface area (Å²) >= 11 is 3.13. The first kappa shape index (κ1) is 11.4. The molecule has 0 aliphatic carbocycles. The second-order valence-electron chi connectivity index (χ2n) is 2.63. The molecular weight excluding hydrogens is 268 g/mol. The Hall–Kier alpha value is -1.63. The van der Waals surface area contributed by atoms with E-state index in [1.54, 1.807) is 0 Å². The van der Waals surface area contributed by atoms with Gasteiger partial charge in [0, 0.05) is 6.07 Å². The van der Waals surface area contributed by atoms with Gasteiger partial charge in [-0.05, 0) is 22.0 Å². The fourth-order valence-corrected chi connectivity index (χ4v) is 1.23. The van der Waals surface area contributed by atoms with Gasteiger partial charge in [0.25, 0.3) is 11.6 Å². The van der Waals surface area contributed by atoms with Crippen molar-refractivity contribution in [1.29, 1.82) is 0 Å². The van der Waals surface area contributed by atoms with E-state index < -0.39 is 10.8 Å². The zero-order chi connectivity index (χ0) is 11.4. The summed E-state index contributed by atoms with van der Waals surface area (Å²) in [6, 6.07) is 4.00. The zero-order valence-electron chi connectivity index (χ0n) is 7.47. The van der Waals surface area contributed by atoms with Crippen molar-refractivity contribution in [3.05, 3.63) is 32.8 Å². The first-order valence-electron chi connectivity index (χ1n) is 3.85. The van der Waals surface area contributed by atoms with Gasteiger partial charge in [0.15, 0.2) is 6.61 Å². The van der Waals surface area contributed by atoms with E-state index in [2.05, 4.69) is 15.9 Å². The summed E-state index contributed by atoms with van der Waals surface area (Å²) in [4.78, 5) is 20.3. The largest absolute Gasteiger partial charge is 0.482 e. The van der Waals surface area contributed by atoms with Crippen molar-refractivity contribution in [3.63, 3.8) is 0 Å². The van der Waals surface area contributed by atoms with Crippen molar-refractivity contribution < 1.29 is 14.5 Å². The van der Waals surface area contributed by atoms with Gasteiger partial charge in [-0.15, -0.1) is 0 Å². The number of ether oxygens (including phenoxy) is 1. The summed E-state index contributed by atoms with van der Waals surface area (Å²) in [6.07, 6.45) is 0. The molecule has 15 heavy (non-hydrogen) atoms. The Labute approximate surface area is 93.3 Å². The predicted octanol–water partition coefficient (Wildman–Crippen LogP) is 1.22. The molecule has 0 heterocycles. The van der Waals surface area contributed by atoms with E-state index in [1.165, 1.54) is 18.2 Å². The monoisotopic (exact) mass is 274 g/mol. The Morgan fingerprint density at radius 1 is 1.60 bits per heavy atom. The van der Waals surface area contributed by atoms with E-state index >= 15 is 0 Å². The number of halogens is 1. The smallest absolute Gasteiger partial charge is 0.273 e. The fraction of sp³-hybridized carbons (Fsp3) is 0.125. The lowest BCUT2D eigenvalue weighted by molar-refractivity contribution is -0.385. The lowest BCUT2D eigenvalue weighted by Crippen LogP contribution is -2.20. The summed E-state index contributed by atoms with van der Waals surface area (Å²) in [5.74, 6) is -0.434. The highest BCUT2D eigenvalue weighted by Crippen LogP contribution is 2.29. The van der Waals surface area contributed by atoms with Crippen molar-refractivity contribution in [1.82, 2.24) is 0 Å². The SMILES string of the molecule is NC(=O)COc1cc([N+](=O)[O-])ccc1Br. The standard InChI is InChI=1S/C8H7BrN2O4/c9-6-2-1-5(11(13)14)3-7(6)15-4-8(10)12/h1-3H,4H2,(H2,10,12). The summed E-state index contributed by atoms with van der Waals surface area (Å²) < 4.78 is 5.49. The maximum atomic E-state index is 10.5. The van der Waals surface area contributed by atoms with Gasteiger partial charge in [0.2, 0.25) is 0 Å². The maximum absolute atomic E-state index is 10.5. The molecule has 0 aromatic heterocycles. The number of nitrogens with zero attached hydrogens (tertiary/aromatic N) is 1. The normalized spacial score (nSPS) is 9.67. The Morgan fingerprint density at radius 2 is 2.27 bits per heavy atom. The van der Waals surface area contributed by atoms with Crippen molar-refractivity contribution in [2.45, 2.75) is 0 Å². The van der Waals surface area contributed by atoms with Crippen LogP contribution in [0, 0.1) is 10.1 Å². The van der Waals surface area contributed by atoms with E-state index in [-0.39, 0.29) is 18.0 Å². The van der Waals surface area contributed by atoms with E-state index in [4.69, 9.17) is 10.5 Å². The van der Waals surface area contributed by atoms with Crippen LogP contribution >= 0.6 is 15.9 Å². The van der Waals surface area contributed by atoms with Crippen LogP contribution in [0.2, 0.25) is 0 Å². The number of nitro groups is 1. The molecule has 2 N–H and O–H groups in total. The molecule has 0 aliphatic rings. The summed E-state index contributed by atoms with van der Waals surface area (Å²) in [5, 5.41) is 10.4. The van der Waals surface area contributed by atoms with E-state index in [0.29, 0.717) is 4.47 Å². The van der Waals surface area contributed by atoms with Gasteiger partial charge in [-0.3, -0.25) is 14.9 Å². The molecule has 1 aromatic carbocycles. The zero-order valence-corrected chi connectivity index (χ0v) is 9.06. The van der Waals surface area contributed by atoms with Crippen LogP contribution in [0.1, 0.15) is 0 Å². The lowest BCUT2D eigenvalue weighted by Gasteiger charge is -2.05. The Morgan fingerprint density at radius 3 is 2.80 bits per heavy atom. The second kappa shape index (κ2) is 4.74. The average Bonchev–Trinajstić information content (AvgIpc) is 2.16. The number of amides is 1. The van der Waals surface area contributed by atoms with Crippen LogP contribution in [-0.2, 0) is 4.79 Å². The second-order valence-corrected chi connectivity index (χ2v) is 3.48. The van der Waals surface area contributed by atoms with Gasteiger partial charge in [0.05, 0.1) is 15.5 Å². The minimum Gasteiger partial charge on any atom is -0.482 e. The summed E-state index contributed by atoms with van der Waals surface area (Å²) in [7, 11) is 0. The molecule has 7 heteroatoms. The molecular formula is C8H7BrN2O4. The van der Waals surface area contributed by atoms with Crippen molar-refractivity contribution in [2.75, 3.05) is 6.61 Å². The molecule has 1 aromatic rings. The maximum Gasteiger partial charge on any atom is 0.273 e. The van der Waals surface area contributed by atoms with Gasteiger partial charge < -0.3 is 10.5 Å². The van der Waals surface area contributed by atoms with Crippen LogP contribution in [0.3, 0.4) is 0 Å². The minimum absolute atomic E-state index is 0.113. The van der Waals surface area contributed by atoms with Gasteiger partial charge in [-0.2, -0.15) is 0 Å². The van der Waals surface area contributed by atoms with Crippen LogP contribution in [0.15, 0.2) is 22.7 Å². The first-order valence-corrected chi connectivity index (χ1v) is 4.65. The third-order valence-electron chi connectivity index (χ3n) is 1.50. The Balaban J connectivity index is 2.90. The molecule has 0 spiro atoms. The molecule has 0 saturated heterocycles. The first-order chi connectivity index (χ1) is 7.00. The molecule has 0 bridgehead atoms. The fourth-order valence-electron chi connectivity index (χ4n) is 0.865. The molecule has 0 unspecified atom stereocenters. The molecule has 1 amide bonds. The number of hydrogen-bond acceptors (Lipinski definition) is 4. The van der Waals surface area contributed by atoms with Gasteiger partial charge >= 0.3 is 0 Å². The van der Waals surface area contributed by atoms with Crippen LogP contribution in [-0.4, -0.2) is 17.4 Å². The number of rotatable bonds is 4. The third kappa shape index (κ3) is 3.21. The highest BCUT2D eigenvalue weighted by atomic mass is 79.9. The van der Waals surface area contributed by atoms with Gasteiger partial charge in [-0.25, -0.2) is 0 Å². The molecule has 80 valence electrons. The number of non-ortho nitro benzene ring substituents is 1. The predicted molar refractivity (Wildman–Crippen MR) is 55.5 cm³/mol. The van der Waals surface area contributed by atoms with Crippen LogP contribution in [0.4, 0.5) is 5.69 Å². The van der Waals surface area contributed by atoms with E-state index in [0.717, 1.165) is 0 Å². The lowest BCUT2D eigenvalue weighted by atomic mass is 10.3. The number of benzene rings is 1. The number of carbonyl (C=O) groups excluding carboxylic acids is 1. The van der Waals surface area contributed by atoms with Crippen molar-refractivity contribution >= 4 is 27.5 Å². The number of primary amides is 1. The molecule has 0 saturated carbocycles. The highest BCUT2D eigenvalue weighted by Gasteiger charge is 2.10. The summed E-state index contributed by atoms with van der Waals surface area (Å²) in [5.41, 5.74) is 4.76. The van der Waals surface area contributed by atoms with Crippen LogP contribution < -0.4 is 10.5 Å². The van der Waals surface area contributed by atoms with Crippen molar-refractivity contribution in [2.24, 2.45) is 5.73 Å².